The molecular weight excluding hydrogens is 353 g/mol. The zero-order valence-electron chi connectivity index (χ0n) is 2.00. The van der Waals surface area contributed by atoms with Gasteiger partial charge in [-0.2, -0.15) is 54.0 Å². The molecule has 0 atom stereocenters. The first kappa shape index (κ1) is 308. The predicted octanol–water partition coefficient (Wildman–Crippen LogP) is -11.2. The molecule has 0 aromatic heterocycles. The maximum atomic E-state index is 0. The Labute approximate surface area is 140 Å². The molecule has 96 valence electrons. The Hall–Kier alpha value is 3.14. The minimum Gasteiger partial charge on any atom is -0.197 e. The molecule has 0 unspecified atom stereocenters. The first-order valence-corrected chi connectivity index (χ1v) is 0. The van der Waals surface area contributed by atoms with E-state index in [0.29, 0.717) is 0 Å². The molecule has 0 nitrogen and oxygen atoms in total. The predicted molar refractivity (Wildman–Crippen MR) is 132 cm³/mol. The van der Waals surface area contributed by atoms with Gasteiger partial charge < -0.3 is 0 Å². The Bertz CT molecular complexity index is 11.0. The van der Waals surface area contributed by atoms with Crippen molar-refractivity contribution in [2.75, 3.05) is 0 Å². The molecule has 0 N–H and O–H groups in total. The van der Waals surface area contributed by atoms with Crippen LogP contribution in [0.15, 0.2) is 0 Å². The van der Waals surface area contributed by atoms with Gasteiger partial charge in [-0.05, 0) is 87.7 Å². The molecule has 0 radical (unpaired) electrons. The zero-order chi connectivity index (χ0) is 0. The van der Waals surface area contributed by atoms with E-state index in [9.17, 15) is 0 Å². The summed E-state index contributed by atoms with van der Waals surface area (Å²) in [6.45, 7) is 0. The van der Waals surface area contributed by atoms with Crippen molar-refractivity contribution in [2.45, 2.75) is 0 Å². The van der Waals surface area contributed by atoms with E-state index in [1.54, 1.807) is 0 Å². The number of rotatable bonds is 0. The molecule has 0 aliphatic heterocycles. The van der Waals surface area contributed by atoms with E-state index in [4.69, 9.17) is 0 Å². The van der Waals surface area contributed by atoms with Gasteiger partial charge in [-0.1, -0.05) is 0 Å². The van der Waals surface area contributed by atoms with Gasteiger partial charge in [0.2, 0.25) is 0 Å². The van der Waals surface area contributed by atoms with Gasteiger partial charge in [0, 0.05) is 0 Å². The normalized spacial score (nSPS) is 0. The number of hydrogen-bond donors (Lipinski definition) is 0. The molecule has 0 aromatic rings. The molecule has 12 heavy (non-hydrogen) atoms. The van der Waals surface area contributed by atoms with Gasteiger partial charge in [0.05, 0.1) is 0 Å². The number of hydrogen-bond acceptors (Lipinski definition) is 0. The molecule has 0 saturated carbocycles. The van der Waals surface area contributed by atoms with Crippen molar-refractivity contribution in [3.05, 3.63) is 0 Å². The summed E-state index contributed by atoms with van der Waals surface area (Å²) in [6, 6.07) is 0. The summed E-state index contributed by atoms with van der Waals surface area (Å²) in [4.78, 5) is 0. The highest BCUT2D eigenvalue weighted by Gasteiger charge is -0.00768. The van der Waals surface area contributed by atoms with Crippen molar-refractivity contribution in [3.63, 3.8) is 0 Å². The van der Waals surface area contributed by atoms with E-state index >= 15 is 0 Å². The van der Waals surface area contributed by atoms with Gasteiger partial charge in [0.15, 0.2) is 0 Å². The van der Waals surface area contributed by atoms with Crippen LogP contribution >= 0.6 is 54.0 Å². The van der Waals surface area contributed by atoms with Crippen molar-refractivity contribution in [1.29, 1.82) is 0 Å². The summed E-state index contributed by atoms with van der Waals surface area (Å²) >= 11 is 0. The average Bonchev–Trinajstić information content (AvgIpc) is 0. The smallest absolute Gasteiger partial charge is 0.0149 e. The Morgan fingerprint density at radius 3 is 0.167 bits per heavy atom. The average molecular weight is 393 g/mol. The van der Waals surface area contributed by atoms with Crippen LogP contribution in [-0.2, 0) is 0 Å². The first-order valence-electron chi connectivity index (χ1n) is 0. The quantitative estimate of drug-likeness (QED) is 0.359. The molecule has 0 heterocycles. The van der Waals surface area contributed by atoms with Crippen LogP contribution in [0.2, 0.25) is 0 Å². The van der Waals surface area contributed by atoms with Crippen LogP contribution in [-0.4, -0.2) is 87.7 Å². The van der Waals surface area contributed by atoms with E-state index in [1.807, 2.05) is 0 Å². The Morgan fingerprint density at radius 2 is 0.167 bits per heavy atom. The fourth-order valence-electron chi connectivity index (χ4n) is 0. The Kier molecular flexibility index (Phi) is 6360. The lowest BCUT2D eigenvalue weighted by Gasteiger charge is -0.198. The van der Waals surface area contributed by atoms with E-state index in [2.05, 4.69) is 0 Å². The van der Waals surface area contributed by atoms with Gasteiger partial charge in [-0.25, -0.2) is 0 Å². The van der Waals surface area contributed by atoms with Crippen LogP contribution in [0, 0.1) is 0 Å². The molecule has 0 saturated heterocycles. The second-order valence-electron chi connectivity index (χ2n) is 0. The molecule has 0 aromatic carbocycles. The van der Waals surface area contributed by atoms with Crippen LogP contribution in [0.25, 0.3) is 0 Å². The van der Waals surface area contributed by atoms with E-state index in [1.165, 1.54) is 0 Å². The molecular formula is H40S4Si8. The summed E-state index contributed by atoms with van der Waals surface area (Å²) in [7, 11) is 0. The van der Waals surface area contributed by atoms with Gasteiger partial charge >= 0.3 is 0 Å². The van der Waals surface area contributed by atoms with Crippen LogP contribution in [0.1, 0.15) is 0 Å². The standard InChI is InChI=1S/4H2S.8H4Si/h4*1H2;8*1H4. The lowest BCUT2D eigenvalue weighted by molar-refractivity contribution is 5.75. The molecule has 0 aliphatic rings. The maximum absolute atomic E-state index is 0. The molecule has 0 bridgehead atoms. The first-order chi connectivity index (χ1) is 0. The minimum atomic E-state index is 0. The topological polar surface area (TPSA) is 0 Å². The summed E-state index contributed by atoms with van der Waals surface area (Å²) < 4.78 is 0. The third-order valence-electron chi connectivity index (χ3n) is 0. The Morgan fingerprint density at radius 1 is 0.167 bits per heavy atom. The van der Waals surface area contributed by atoms with E-state index in [0.717, 1.165) is 0 Å². The largest absolute Gasteiger partial charge is 0.197 e. The van der Waals surface area contributed by atoms with Crippen molar-refractivity contribution in [3.8, 4) is 0 Å². The second-order valence-corrected chi connectivity index (χ2v) is 0. The fraction of sp³-hybridized carbons (Fsp3) is 0. The molecule has 0 amide bonds. The van der Waals surface area contributed by atoms with E-state index < -0.39 is 0 Å². The van der Waals surface area contributed by atoms with Crippen LogP contribution in [0.3, 0.4) is 0 Å². The second kappa shape index (κ2) is 248. The van der Waals surface area contributed by atoms with E-state index in [-0.39, 0.29) is 142 Å². The highest BCUT2D eigenvalue weighted by atomic mass is 32.1. The highest BCUT2D eigenvalue weighted by molar-refractivity contribution is 7.59. The Balaban J connectivity index is 0. The van der Waals surface area contributed by atoms with Crippen molar-refractivity contribution in [2.24, 2.45) is 0 Å². The van der Waals surface area contributed by atoms with Crippen molar-refractivity contribution >= 4 is 142 Å². The highest BCUT2D eigenvalue weighted by Crippen LogP contribution is 0.651. The van der Waals surface area contributed by atoms with Gasteiger partial charge in [-0.3, -0.25) is 0 Å². The summed E-state index contributed by atoms with van der Waals surface area (Å²) in [5.41, 5.74) is 0. The zero-order valence-corrected chi connectivity index (χ0v) is 6.00. The SMILES string of the molecule is S.S.S.S.[SiH4].[SiH4].[SiH4].[SiH4].[SiH4].[SiH4].[SiH4].[SiH4]. The monoisotopic (exact) mass is 392 g/mol. The summed E-state index contributed by atoms with van der Waals surface area (Å²) in [5.74, 6) is 0. The molecule has 12 heteroatoms. The molecule has 0 spiro atoms. The summed E-state index contributed by atoms with van der Waals surface area (Å²) in [6.07, 6.45) is 0. The molecule has 0 fully saturated rings. The molecule has 0 aliphatic carbocycles. The van der Waals surface area contributed by atoms with Crippen LogP contribution in [0.4, 0.5) is 0 Å². The molecule has 0 rings (SSSR count). The third kappa shape index (κ3) is 197. The summed E-state index contributed by atoms with van der Waals surface area (Å²) in [5, 5.41) is 0. The lowest BCUT2D eigenvalue weighted by Crippen LogP contribution is -0.382. The maximum Gasteiger partial charge on any atom is -0.0149 e. The third-order valence-corrected chi connectivity index (χ3v) is 0. The minimum absolute atomic E-state index is 0. The lowest BCUT2D eigenvalue weighted by atomic mass is 28.1. The van der Waals surface area contributed by atoms with Crippen LogP contribution in [0.5, 0.6) is 0 Å². The van der Waals surface area contributed by atoms with Crippen LogP contribution < -0.4 is 0 Å². The van der Waals surface area contributed by atoms with Gasteiger partial charge in [-0.15, -0.1) is 0 Å². The fourth-order valence-corrected chi connectivity index (χ4v) is 0. The van der Waals surface area contributed by atoms with Gasteiger partial charge in [0.25, 0.3) is 0 Å². The van der Waals surface area contributed by atoms with Crippen molar-refractivity contribution < 1.29 is 0 Å². The van der Waals surface area contributed by atoms with Gasteiger partial charge in [0.1, 0.15) is 0 Å². The van der Waals surface area contributed by atoms with Crippen molar-refractivity contribution in [1.82, 2.24) is 0 Å².